The maximum Gasteiger partial charge on any atom is 0.416 e. The van der Waals surface area contributed by atoms with E-state index in [0.717, 1.165) is 22.0 Å². The topological polar surface area (TPSA) is 101 Å². The fraction of sp³-hybridized carbons (Fsp3) is 0.323. The van der Waals surface area contributed by atoms with Crippen LogP contribution in [0.1, 0.15) is 45.2 Å². The molecule has 3 aromatic carbocycles. The number of rotatable bonds is 11. The lowest BCUT2D eigenvalue weighted by molar-refractivity contribution is -0.141. The van der Waals surface area contributed by atoms with Gasteiger partial charge in [-0.15, -0.1) is 0 Å². The van der Waals surface area contributed by atoms with Crippen molar-refractivity contribution in [3.8, 4) is 0 Å². The molecule has 0 saturated heterocycles. The SMILES string of the molecule is C/C=c1/c(N(CC(=O)OCC)S(=O)(=O)c2ccc(C(F)(F)F)cc2)ccc(N(CC)S(=O)(=O)c2ccc(C)cc2)/c1=C/CC. The summed E-state index contributed by atoms with van der Waals surface area (Å²) in [7, 11) is -8.64. The molecule has 0 N–H and O–H groups in total. The number of ether oxygens (including phenoxy) is 1. The minimum Gasteiger partial charge on any atom is -0.465 e. The predicted octanol–water partition coefficient (Wildman–Crippen LogP) is 4.98. The molecule has 0 aliphatic rings. The van der Waals surface area contributed by atoms with E-state index in [1.807, 2.05) is 13.8 Å². The molecule has 0 saturated carbocycles. The first-order chi connectivity index (χ1) is 20.6. The van der Waals surface area contributed by atoms with Crippen molar-refractivity contribution >= 4 is 49.5 Å². The number of alkyl halides is 3. The average Bonchev–Trinajstić information content (AvgIpc) is 2.97. The highest BCUT2D eigenvalue weighted by Crippen LogP contribution is 2.31. The van der Waals surface area contributed by atoms with Crippen LogP contribution in [-0.2, 0) is 35.8 Å². The third kappa shape index (κ3) is 7.27. The second kappa shape index (κ2) is 13.9. The predicted molar refractivity (Wildman–Crippen MR) is 165 cm³/mol. The molecule has 0 aliphatic heterocycles. The number of anilines is 2. The van der Waals surface area contributed by atoms with Crippen molar-refractivity contribution in [1.82, 2.24) is 0 Å². The highest BCUT2D eigenvalue weighted by molar-refractivity contribution is 7.93. The van der Waals surface area contributed by atoms with E-state index < -0.39 is 49.2 Å². The van der Waals surface area contributed by atoms with Gasteiger partial charge in [-0.1, -0.05) is 36.8 Å². The zero-order chi connectivity index (χ0) is 32.9. The van der Waals surface area contributed by atoms with Gasteiger partial charge in [0.25, 0.3) is 20.0 Å². The molecule has 0 spiro atoms. The van der Waals surface area contributed by atoms with Crippen molar-refractivity contribution < 1.29 is 39.5 Å². The highest BCUT2D eigenvalue weighted by Gasteiger charge is 2.33. The second-order valence-electron chi connectivity index (χ2n) is 9.65. The fourth-order valence-electron chi connectivity index (χ4n) is 4.64. The molecule has 3 aromatic rings. The average molecular weight is 653 g/mol. The maximum atomic E-state index is 13.9. The summed E-state index contributed by atoms with van der Waals surface area (Å²) >= 11 is 0. The summed E-state index contributed by atoms with van der Waals surface area (Å²) in [5, 5.41) is 0.711. The first-order valence-electron chi connectivity index (χ1n) is 13.9. The first kappa shape index (κ1) is 34.6. The lowest BCUT2D eigenvalue weighted by Gasteiger charge is -2.28. The van der Waals surface area contributed by atoms with Crippen molar-refractivity contribution in [3.05, 3.63) is 82.2 Å². The van der Waals surface area contributed by atoms with E-state index in [9.17, 15) is 34.8 Å². The molecule has 0 fully saturated rings. The molecule has 0 amide bonds. The molecule has 13 heteroatoms. The van der Waals surface area contributed by atoms with Gasteiger partial charge in [0.05, 0.1) is 33.3 Å². The molecule has 0 aromatic heterocycles. The van der Waals surface area contributed by atoms with Crippen LogP contribution in [0.3, 0.4) is 0 Å². The summed E-state index contributed by atoms with van der Waals surface area (Å²) in [6, 6.07) is 12.2. The van der Waals surface area contributed by atoms with E-state index in [1.54, 1.807) is 45.1 Å². The Labute approximate surface area is 256 Å². The minimum absolute atomic E-state index is 0.0210. The smallest absolute Gasteiger partial charge is 0.416 e. The Bertz CT molecular complexity index is 1820. The molecular formula is C31H35F3N2O6S2. The number of nitrogens with zero attached hydrogens (tertiary/aromatic N) is 2. The normalized spacial score (nSPS) is 13.2. The summed E-state index contributed by atoms with van der Waals surface area (Å²) in [4.78, 5) is 12.3. The van der Waals surface area contributed by atoms with Crippen LogP contribution in [0.4, 0.5) is 24.5 Å². The summed E-state index contributed by atoms with van der Waals surface area (Å²) < 4.78 is 102. The molecule has 0 bridgehead atoms. The Balaban J connectivity index is 2.30. The minimum atomic E-state index is -4.68. The maximum absolute atomic E-state index is 13.9. The second-order valence-corrected chi connectivity index (χ2v) is 13.4. The van der Waals surface area contributed by atoms with E-state index in [4.69, 9.17) is 4.74 Å². The number of carbonyl (C=O) groups excluding carboxylic acids is 1. The Hall–Kier alpha value is -3.84. The van der Waals surface area contributed by atoms with Gasteiger partial charge in [0, 0.05) is 17.0 Å². The van der Waals surface area contributed by atoms with Crippen LogP contribution in [0, 0.1) is 6.92 Å². The van der Waals surface area contributed by atoms with Crippen LogP contribution in [0.25, 0.3) is 12.2 Å². The van der Waals surface area contributed by atoms with Gasteiger partial charge in [-0.05, 0) is 82.6 Å². The molecule has 0 aliphatic carbocycles. The monoisotopic (exact) mass is 652 g/mol. The molecular weight excluding hydrogens is 617 g/mol. The van der Waals surface area contributed by atoms with E-state index in [2.05, 4.69) is 0 Å². The number of hydrogen-bond donors (Lipinski definition) is 0. The number of esters is 1. The van der Waals surface area contributed by atoms with E-state index in [0.29, 0.717) is 29.0 Å². The van der Waals surface area contributed by atoms with E-state index >= 15 is 0 Å². The zero-order valence-electron chi connectivity index (χ0n) is 25.1. The van der Waals surface area contributed by atoms with Crippen LogP contribution >= 0.6 is 0 Å². The molecule has 0 unspecified atom stereocenters. The Kier molecular flexibility index (Phi) is 10.9. The van der Waals surface area contributed by atoms with Crippen LogP contribution in [0.15, 0.2) is 70.5 Å². The van der Waals surface area contributed by atoms with Crippen molar-refractivity contribution in [2.75, 3.05) is 28.3 Å². The summed E-state index contributed by atoms with van der Waals surface area (Å²) in [5.41, 5.74) is 0.159. The number of sulfonamides is 2. The molecule has 238 valence electrons. The Morgan fingerprint density at radius 3 is 1.75 bits per heavy atom. The largest absolute Gasteiger partial charge is 0.465 e. The molecule has 0 atom stereocenters. The summed E-state index contributed by atoms with van der Waals surface area (Å²) in [6.07, 6.45) is -0.896. The van der Waals surface area contributed by atoms with Crippen molar-refractivity contribution in [1.29, 1.82) is 0 Å². The number of carbonyl (C=O) groups is 1. The standard InChI is InChI=1S/C31H35F3N2O6S2/c1-6-10-27-26(7-2)28(19-20-29(27)35(8-3)43(38,39)24-15-11-22(5)12-16-24)36(21-30(37)42-9-4)44(40,41)25-17-13-23(14-18-25)31(32,33)34/h7,10-20H,6,8-9,21H2,1-5H3/b26-7+,27-10+. The van der Waals surface area contributed by atoms with Crippen LogP contribution in [0.2, 0.25) is 0 Å². The highest BCUT2D eigenvalue weighted by atomic mass is 32.2. The molecule has 44 heavy (non-hydrogen) atoms. The summed E-state index contributed by atoms with van der Waals surface area (Å²) in [6.45, 7) is 7.77. The number of halogens is 3. The Morgan fingerprint density at radius 2 is 1.30 bits per heavy atom. The van der Waals surface area contributed by atoms with E-state index in [-0.39, 0.29) is 29.4 Å². The van der Waals surface area contributed by atoms with Gasteiger partial charge in [0.2, 0.25) is 0 Å². The molecule has 0 radical (unpaired) electrons. The van der Waals surface area contributed by atoms with Crippen molar-refractivity contribution in [3.63, 3.8) is 0 Å². The third-order valence-electron chi connectivity index (χ3n) is 6.72. The van der Waals surface area contributed by atoms with Crippen molar-refractivity contribution in [2.24, 2.45) is 0 Å². The third-order valence-corrected chi connectivity index (χ3v) is 10.4. The zero-order valence-corrected chi connectivity index (χ0v) is 26.7. The number of aryl methyl sites for hydroxylation is 1. The molecule has 3 rings (SSSR count). The van der Waals surface area contributed by atoms with Gasteiger partial charge in [-0.25, -0.2) is 16.8 Å². The lowest BCUT2D eigenvalue weighted by Crippen LogP contribution is -2.44. The molecule has 8 nitrogen and oxygen atoms in total. The van der Waals surface area contributed by atoms with Gasteiger partial charge in [-0.2, -0.15) is 13.2 Å². The van der Waals surface area contributed by atoms with Crippen LogP contribution < -0.4 is 19.0 Å². The van der Waals surface area contributed by atoms with E-state index in [1.165, 1.54) is 28.6 Å². The number of hydrogen-bond acceptors (Lipinski definition) is 6. The molecule has 0 heterocycles. The van der Waals surface area contributed by atoms with Crippen LogP contribution in [-0.4, -0.2) is 42.5 Å². The van der Waals surface area contributed by atoms with Crippen molar-refractivity contribution in [2.45, 2.75) is 57.0 Å². The number of benzene rings is 3. The van der Waals surface area contributed by atoms with Gasteiger partial charge in [0.15, 0.2) is 0 Å². The lowest BCUT2D eigenvalue weighted by atomic mass is 10.1. The Morgan fingerprint density at radius 1 is 0.795 bits per heavy atom. The first-order valence-corrected chi connectivity index (χ1v) is 16.8. The van der Waals surface area contributed by atoms with Crippen LogP contribution in [0.5, 0.6) is 0 Å². The quantitative estimate of drug-likeness (QED) is 0.271. The van der Waals surface area contributed by atoms with Gasteiger partial charge < -0.3 is 4.74 Å². The van der Waals surface area contributed by atoms with Gasteiger partial charge in [0.1, 0.15) is 6.54 Å². The van der Waals surface area contributed by atoms with Gasteiger partial charge in [-0.3, -0.25) is 13.4 Å². The fourth-order valence-corrected chi connectivity index (χ4v) is 7.56. The summed E-state index contributed by atoms with van der Waals surface area (Å²) in [5.74, 6) is -0.882. The van der Waals surface area contributed by atoms with Gasteiger partial charge >= 0.3 is 12.1 Å².